The first kappa shape index (κ1) is 15.1. The second kappa shape index (κ2) is 5.87. The van der Waals surface area contributed by atoms with Gasteiger partial charge in [-0.3, -0.25) is 10.1 Å². The van der Waals surface area contributed by atoms with E-state index in [1.807, 2.05) is 50.2 Å². The third-order valence-corrected chi connectivity index (χ3v) is 5.19. The lowest BCUT2D eigenvalue weighted by atomic mass is 10.2. The molecule has 1 saturated carbocycles. The molecule has 4 rings (SSSR count). The number of hydrogen-bond donors (Lipinski definition) is 1. The van der Waals surface area contributed by atoms with Crippen molar-refractivity contribution in [3.05, 3.63) is 58.4 Å². The minimum atomic E-state index is -0.174. The standard InChI is InChI=1S/C18H18N4OS/c1-11-12(2)24-18(19-11)20-17(23)16-10-15(13-8-9-13)21-22(16)14-6-4-3-5-7-14/h3-7,10,13H,8-9H2,1-2H3,(H,19,20,23). The normalized spacial score (nSPS) is 13.9. The molecular formula is C18H18N4OS. The summed E-state index contributed by atoms with van der Waals surface area (Å²) in [6.07, 6.45) is 2.30. The fourth-order valence-electron chi connectivity index (χ4n) is 2.59. The Hall–Kier alpha value is -2.47. The molecule has 6 heteroatoms. The second-order valence-corrected chi connectivity index (χ2v) is 7.29. The van der Waals surface area contributed by atoms with E-state index in [1.54, 1.807) is 4.68 Å². The molecule has 0 spiro atoms. The van der Waals surface area contributed by atoms with Gasteiger partial charge in [0.15, 0.2) is 5.13 Å². The van der Waals surface area contributed by atoms with Crippen molar-refractivity contribution in [1.82, 2.24) is 14.8 Å². The highest BCUT2D eigenvalue weighted by atomic mass is 32.1. The van der Waals surface area contributed by atoms with E-state index >= 15 is 0 Å². The summed E-state index contributed by atoms with van der Waals surface area (Å²) in [4.78, 5) is 18.3. The van der Waals surface area contributed by atoms with Gasteiger partial charge in [-0.2, -0.15) is 5.10 Å². The van der Waals surface area contributed by atoms with Gasteiger partial charge in [0.05, 0.1) is 17.1 Å². The van der Waals surface area contributed by atoms with E-state index in [0.717, 1.165) is 34.8 Å². The highest BCUT2D eigenvalue weighted by molar-refractivity contribution is 7.15. The average Bonchev–Trinajstić information content (AvgIpc) is 3.25. The lowest BCUT2D eigenvalue weighted by Gasteiger charge is -2.06. The maximum absolute atomic E-state index is 12.8. The van der Waals surface area contributed by atoms with Crippen molar-refractivity contribution >= 4 is 22.4 Å². The fourth-order valence-corrected chi connectivity index (χ4v) is 3.40. The van der Waals surface area contributed by atoms with Crippen LogP contribution in [0.4, 0.5) is 5.13 Å². The van der Waals surface area contributed by atoms with Crippen LogP contribution in [0.15, 0.2) is 36.4 Å². The number of nitrogens with one attached hydrogen (secondary N) is 1. The molecule has 0 saturated heterocycles. The number of aromatic nitrogens is 3. The highest BCUT2D eigenvalue weighted by Crippen LogP contribution is 2.39. The predicted molar refractivity (Wildman–Crippen MR) is 95.1 cm³/mol. The molecular weight excluding hydrogens is 320 g/mol. The van der Waals surface area contributed by atoms with Crippen LogP contribution in [0.5, 0.6) is 0 Å². The van der Waals surface area contributed by atoms with E-state index < -0.39 is 0 Å². The summed E-state index contributed by atoms with van der Waals surface area (Å²) >= 11 is 1.49. The van der Waals surface area contributed by atoms with Crippen molar-refractivity contribution in [3.63, 3.8) is 0 Å². The molecule has 0 atom stereocenters. The number of amides is 1. The van der Waals surface area contributed by atoms with Crippen molar-refractivity contribution in [2.45, 2.75) is 32.6 Å². The average molecular weight is 338 g/mol. The Morgan fingerprint density at radius 2 is 2.00 bits per heavy atom. The van der Waals surface area contributed by atoms with E-state index in [9.17, 15) is 4.79 Å². The Labute approximate surface area is 144 Å². The molecule has 2 aromatic heterocycles. The van der Waals surface area contributed by atoms with E-state index in [2.05, 4.69) is 15.4 Å². The topological polar surface area (TPSA) is 59.8 Å². The lowest BCUT2D eigenvalue weighted by Crippen LogP contribution is -2.16. The molecule has 1 fully saturated rings. The van der Waals surface area contributed by atoms with Crippen LogP contribution in [-0.4, -0.2) is 20.7 Å². The molecule has 122 valence electrons. The highest BCUT2D eigenvalue weighted by Gasteiger charge is 2.29. The number of anilines is 1. The summed E-state index contributed by atoms with van der Waals surface area (Å²) in [6.45, 7) is 3.95. The van der Waals surface area contributed by atoms with Gasteiger partial charge in [0.2, 0.25) is 0 Å². The van der Waals surface area contributed by atoms with Gasteiger partial charge >= 0.3 is 0 Å². The molecule has 0 unspecified atom stereocenters. The Bertz CT molecular complexity index is 874. The van der Waals surface area contributed by atoms with E-state index in [1.165, 1.54) is 11.3 Å². The third-order valence-electron chi connectivity index (χ3n) is 4.21. The Morgan fingerprint density at radius 3 is 2.62 bits per heavy atom. The van der Waals surface area contributed by atoms with Crippen LogP contribution in [0.3, 0.4) is 0 Å². The fraction of sp³-hybridized carbons (Fsp3) is 0.278. The Morgan fingerprint density at radius 1 is 1.25 bits per heavy atom. The number of carbonyl (C=O) groups is 1. The summed E-state index contributed by atoms with van der Waals surface area (Å²) < 4.78 is 1.73. The molecule has 24 heavy (non-hydrogen) atoms. The molecule has 0 aliphatic heterocycles. The second-order valence-electron chi connectivity index (χ2n) is 6.09. The van der Waals surface area contributed by atoms with E-state index in [-0.39, 0.29) is 5.91 Å². The van der Waals surface area contributed by atoms with Crippen LogP contribution in [0, 0.1) is 13.8 Å². The molecule has 5 nitrogen and oxygen atoms in total. The van der Waals surface area contributed by atoms with E-state index in [0.29, 0.717) is 16.7 Å². The summed E-state index contributed by atoms with van der Waals surface area (Å²) in [5, 5.41) is 8.21. The Balaban J connectivity index is 1.69. The Kier molecular flexibility index (Phi) is 3.69. The van der Waals surface area contributed by atoms with Crippen molar-refractivity contribution in [1.29, 1.82) is 0 Å². The third kappa shape index (κ3) is 2.85. The van der Waals surface area contributed by atoms with Gasteiger partial charge in [-0.1, -0.05) is 18.2 Å². The van der Waals surface area contributed by atoms with Gasteiger partial charge in [-0.25, -0.2) is 9.67 Å². The molecule has 1 amide bonds. The molecule has 1 N–H and O–H groups in total. The molecule has 1 aliphatic rings. The SMILES string of the molecule is Cc1nc(NC(=O)c2cc(C3CC3)nn2-c2ccccc2)sc1C. The smallest absolute Gasteiger partial charge is 0.276 e. The molecule has 3 aromatic rings. The first-order valence-electron chi connectivity index (χ1n) is 8.02. The summed E-state index contributed by atoms with van der Waals surface area (Å²) in [5.74, 6) is 0.317. The molecule has 0 radical (unpaired) electrons. The van der Waals surface area contributed by atoms with Crippen LogP contribution < -0.4 is 5.32 Å². The van der Waals surface area contributed by atoms with Crippen LogP contribution in [0.2, 0.25) is 0 Å². The number of hydrogen-bond acceptors (Lipinski definition) is 4. The molecule has 2 heterocycles. The number of aryl methyl sites for hydroxylation is 2. The summed E-state index contributed by atoms with van der Waals surface area (Å²) in [6, 6.07) is 11.7. The van der Waals surface area contributed by atoms with Crippen molar-refractivity contribution in [2.24, 2.45) is 0 Å². The van der Waals surface area contributed by atoms with Crippen LogP contribution in [0.25, 0.3) is 5.69 Å². The predicted octanol–water partition coefficient (Wildman–Crippen LogP) is 4.08. The summed E-state index contributed by atoms with van der Waals surface area (Å²) in [5.41, 5.74) is 3.38. The van der Waals surface area contributed by atoms with Gasteiger partial charge < -0.3 is 0 Å². The number of carbonyl (C=O) groups excluding carboxylic acids is 1. The van der Waals surface area contributed by atoms with Gasteiger partial charge in [-0.15, -0.1) is 11.3 Å². The number of nitrogens with zero attached hydrogens (tertiary/aromatic N) is 3. The van der Waals surface area contributed by atoms with Crippen molar-refractivity contribution < 1.29 is 4.79 Å². The molecule has 1 aliphatic carbocycles. The zero-order valence-corrected chi connectivity index (χ0v) is 14.4. The van der Waals surface area contributed by atoms with Gasteiger partial charge in [0.1, 0.15) is 5.69 Å². The first-order chi connectivity index (χ1) is 11.6. The zero-order valence-electron chi connectivity index (χ0n) is 13.6. The quantitative estimate of drug-likeness (QED) is 0.780. The van der Waals surface area contributed by atoms with Gasteiger partial charge in [-0.05, 0) is 44.9 Å². The van der Waals surface area contributed by atoms with Crippen LogP contribution in [0.1, 0.15) is 45.5 Å². The number of thiazole rings is 1. The van der Waals surface area contributed by atoms with Crippen LogP contribution in [-0.2, 0) is 0 Å². The lowest BCUT2D eigenvalue weighted by molar-refractivity contribution is 0.101. The van der Waals surface area contributed by atoms with Crippen LogP contribution >= 0.6 is 11.3 Å². The molecule has 1 aromatic carbocycles. The van der Waals surface area contributed by atoms with Gasteiger partial charge in [0, 0.05) is 10.8 Å². The molecule has 0 bridgehead atoms. The first-order valence-corrected chi connectivity index (χ1v) is 8.84. The number of benzene rings is 1. The maximum atomic E-state index is 12.8. The number of rotatable bonds is 4. The minimum Gasteiger partial charge on any atom is -0.296 e. The van der Waals surface area contributed by atoms with Crippen molar-refractivity contribution in [2.75, 3.05) is 5.32 Å². The summed E-state index contributed by atoms with van der Waals surface area (Å²) in [7, 11) is 0. The van der Waals surface area contributed by atoms with Gasteiger partial charge in [0.25, 0.3) is 5.91 Å². The van der Waals surface area contributed by atoms with Crippen molar-refractivity contribution in [3.8, 4) is 5.69 Å². The largest absolute Gasteiger partial charge is 0.296 e. The number of para-hydroxylation sites is 1. The monoisotopic (exact) mass is 338 g/mol. The zero-order chi connectivity index (χ0) is 16.7. The minimum absolute atomic E-state index is 0.174. The maximum Gasteiger partial charge on any atom is 0.276 e. The van der Waals surface area contributed by atoms with E-state index in [4.69, 9.17) is 0 Å².